The zero-order valence-corrected chi connectivity index (χ0v) is 16.6. The SMILES string of the molecule is CCN(CC)C(=O)c1nn(-c2ccc(OC)cc2)c(=O)c2c(N)sc(C)c12. The van der Waals surface area contributed by atoms with Crippen molar-refractivity contribution >= 4 is 33.0 Å². The number of methoxy groups -OCH3 is 1. The molecule has 0 aliphatic carbocycles. The molecule has 2 aromatic heterocycles. The van der Waals surface area contributed by atoms with Crippen molar-refractivity contribution in [2.45, 2.75) is 20.8 Å². The van der Waals surface area contributed by atoms with E-state index >= 15 is 0 Å². The number of rotatable bonds is 5. The molecule has 0 bridgehead atoms. The summed E-state index contributed by atoms with van der Waals surface area (Å²) >= 11 is 1.30. The van der Waals surface area contributed by atoms with Crippen LogP contribution in [0.25, 0.3) is 16.5 Å². The van der Waals surface area contributed by atoms with E-state index in [1.165, 1.54) is 16.0 Å². The highest BCUT2D eigenvalue weighted by molar-refractivity contribution is 7.17. The summed E-state index contributed by atoms with van der Waals surface area (Å²) in [6, 6.07) is 6.92. The van der Waals surface area contributed by atoms with E-state index in [1.54, 1.807) is 36.3 Å². The Morgan fingerprint density at radius 3 is 2.41 bits per heavy atom. The Morgan fingerprint density at radius 2 is 1.85 bits per heavy atom. The number of carbonyl (C=O) groups excluding carboxylic acids is 1. The van der Waals surface area contributed by atoms with Gasteiger partial charge in [0.25, 0.3) is 11.5 Å². The second-order valence-electron chi connectivity index (χ2n) is 6.01. The number of nitrogen functional groups attached to an aromatic ring is 1. The fraction of sp³-hybridized carbons (Fsp3) is 0.316. The van der Waals surface area contributed by atoms with Gasteiger partial charge in [0.1, 0.15) is 5.75 Å². The number of carbonyl (C=O) groups is 1. The molecule has 0 saturated carbocycles. The fourth-order valence-corrected chi connectivity index (χ4v) is 4.00. The highest BCUT2D eigenvalue weighted by atomic mass is 32.1. The number of hydrogen-bond donors (Lipinski definition) is 1. The molecule has 0 fully saturated rings. The number of amides is 1. The van der Waals surface area contributed by atoms with Crippen molar-refractivity contribution in [3.63, 3.8) is 0 Å². The molecule has 8 heteroatoms. The quantitative estimate of drug-likeness (QED) is 0.728. The Kier molecular flexibility index (Phi) is 5.18. The average molecular weight is 386 g/mol. The zero-order chi connectivity index (χ0) is 19.7. The Bertz CT molecular complexity index is 1050. The van der Waals surface area contributed by atoms with Gasteiger partial charge >= 0.3 is 0 Å². The second kappa shape index (κ2) is 7.40. The van der Waals surface area contributed by atoms with Gasteiger partial charge in [-0.1, -0.05) is 0 Å². The minimum atomic E-state index is -0.340. The monoisotopic (exact) mass is 386 g/mol. The number of nitrogens with two attached hydrogens (primary N) is 1. The van der Waals surface area contributed by atoms with Crippen LogP contribution >= 0.6 is 11.3 Å². The molecule has 0 saturated heterocycles. The number of ether oxygens (including phenoxy) is 1. The van der Waals surface area contributed by atoms with E-state index in [0.29, 0.717) is 40.3 Å². The third kappa shape index (κ3) is 3.16. The van der Waals surface area contributed by atoms with Crippen LogP contribution in [0, 0.1) is 6.92 Å². The maximum atomic E-state index is 13.1. The lowest BCUT2D eigenvalue weighted by molar-refractivity contribution is 0.0767. The number of nitrogens with zero attached hydrogens (tertiary/aromatic N) is 3. The molecule has 1 aromatic carbocycles. The summed E-state index contributed by atoms with van der Waals surface area (Å²) in [7, 11) is 1.57. The molecular formula is C19H22N4O3S. The third-order valence-electron chi connectivity index (χ3n) is 4.52. The first-order valence-corrected chi connectivity index (χ1v) is 9.50. The summed E-state index contributed by atoms with van der Waals surface area (Å²) in [5.41, 5.74) is 6.56. The van der Waals surface area contributed by atoms with E-state index in [2.05, 4.69) is 5.10 Å². The summed E-state index contributed by atoms with van der Waals surface area (Å²) in [5.74, 6) is 0.450. The molecule has 142 valence electrons. The van der Waals surface area contributed by atoms with Crippen LogP contribution in [0.5, 0.6) is 5.75 Å². The molecule has 3 rings (SSSR count). The van der Waals surface area contributed by atoms with Crippen LogP contribution in [0.3, 0.4) is 0 Å². The number of anilines is 1. The lowest BCUT2D eigenvalue weighted by atomic mass is 10.1. The topological polar surface area (TPSA) is 90.5 Å². The molecule has 7 nitrogen and oxygen atoms in total. The number of hydrogen-bond acceptors (Lipinski definition) is 6. The van der Waals surface area contributed by atoms with Gasteiger partial charge in [-0.3, -0.25) is 9.59 Å². The number of aryl methyl sites for hydroxylation is 1. The number of thiophene rings is 1. The van der Waals surface area contributed by atoms with Gasteiger partial charge in [0.2, 0.25) is 0 Å². The van der Waals surface area contributed by atoms with Crippen molar-refractivity contribution in [2.24, 2.45) is 0 Å². The number of fused-ring (bicyclic) bond motifs is 1. The standard InChI is InChI=1S/C19H22N4O3S/c1-5-22(6-2)19(25)16-14-11(3)27-17(20)15(14)18(24)23(21-16)12-7-9-13(26-4)10-8-12/h7-10H,5-6,20H2,1-4H3. The van der Waals surface area contributed by atoms with E-state index in [0.717, 1.165) is 4.88 Å². The van der Waals surface area contributed by atoms with E-state index in [-0.39, 0.29) is 17.2 Å². The van der Waals surface area contributed by atoms with Crippen molar-refractivity contribution in [1.82, 2.24) is 14.7 Å². The molecular weight excluding hydrogens is 364 g/mol. The predicted molar refractivity (Wildman–Crippen MR) is 108 cm³/mol. The van der Waals surface area contributed by atoms with E-state index in [4.69, 9.17) is 10.5 Å². The maximum absolute atomic E-state index is 13.1. The zero-order valence-electron chi connectivity index (χ0n) is 15.8. The van der Waals surface area contributed by atoms with E-state index < -0.39 is 0 Å². The molecule has 0 radical (unpaired) electrons. The predicted octanol–water partition coefficient (Wildman–Crippen LogP) is 2.83. The Morgan fingerprint density at radius 1 is 1.22 bits per heavy atom. The van der Waals surface area contributed by atoms with Crippen LogP contribution in [-0.4, -0.2) is 40.8 Å². The normalized spacial score (nSPS) is 11.0. The van der Waals surface area contributed by atoms with E-state index in [9.17, 15) is 9.59 Å². The molecule has 0 atom stereocenters. The van der Waals surface area contributed by atoms with Crippen LogP contribution in [0.2, 0.25) is 0 Å². The van der Waals surface area contributed by atoms with Crippen molar-refractivity contribution in [3.8, 4) is 11.4 Å². The molecule has 27 heavy (non-hydrogen) atoms. The minimum Gasteiger partial charge on any atom is -0.497 e. The number of aromatic nitrogens is 2. The molecule has 0 spiro atoms. The average Bonchev–Trinajstić information content (AvgIpc) is 2.98. The van der Waals surface area contributed by atoms with Gasteiger partial charge < -0.3 is 15.4 Å². The largest absolute Gasteiger partial charge is 0.497 e. The van der Waals surface area contributed by atoms with Gasteiger partial charge in [0, 0.05) is 23.4 Å². The first-order valence-electron chi connectivity index (χ1n) is 8.68. The fourth-order valence-electron chi connectivity index (χ4n) is 3.07. The van der Waals surface area contributed by atoms with Crippen LogP contribution in [0.4, 0.5) is 5.00 Å². The third-order valence-corrected chi connectivity index (χ3v) is 5.46. The molecule has 2 N–H and O–H groups in total. The molecule has 0 aliphatic rings. The van der Waals surface area contributed by atoms with Crippen molar-refractivity contribution in [1.29, 1.82) is 0 Å². The first-order chi connectivity index (χ1) is 12.9. The van der Waals surface area contributed by atoms with Gasteiger partial charge in [0.15, 0.2) is 5.69 Å². The molecule has 0 aliphatic heterocycles. The van der Waals surface area contributed by atoms with Crippen molar-refractivity contribution < 1.29 is 9.53 Å². The van der Waals surface area contributed by atoms with Crippen LogP contribution in [0.15, 0.2) is 29.1 Å². The van der Waals surface area contributed by atoms with Crippen LogP contribution < -0.4 is 16.0 Å². The lowest BCUT2D eigenvalue weighted by Gasteiger charge is -2.19. The van der Waals surface area contributed by atoms with Gasteiger partial charge in [-0.15, -0.1) is 11.3 Å². The summed E-state index contributed by atoms with van der Waals surface area (Å²) < 4.78 is 6.40. The van der Waals surface area contributed by atoms with Gasteiger partial charge in [-0.05, 0) is 45.0 Å². The van der Waals surface area contributed by atoms with Crippen LogP contribution in [0.1, 0.15) is 29.2 Å². The molecule has 3 aromatic rings. The first kappa shape index (κ1) is 18.9. The van der Waals surface area contributed by atoms with Gasteiger partial charge in [0.05, 0.1) is 23.2 Å². The van der Waals surface area contributed by atoms with Gasteiger partial charge in [-0.25, -0.2) is 0 Å². The Hall–Kier alpha value is -2.87. The number of benzene rings is 1. The molecule has 1 amide bonds. The highest BCUT2D eigenvalue weighted by Gasteiger charge is 2.25. The Balaban J connectivity index is 2.32. The maximum Gasteiger partial charge on any atom is 0.282 e. The van der Waals surface area contributed by atoms with Crippen LogP contribution in [-0.2, 0) is 0 Å². The van der Waals surface area contributed by atoms with Crippen molar-refractivity contribution in [3.05, 3.63) is 45.2 Å². The Labute approximate surface area is 161 Å². The smallest absolute Gasteiger partial charge is 0.282 e. The minimum absolute atomic E-state index is 0.215. The second-order valence-corrected chi connectivity index (χ2v) is 7.27. The van der Waals surface area contributed by atoms with Crippen molar-refractivity contribution in [2.75, 3.05) is 25.9 Å². The molecule has 2 heterocycles. The summed E-state index contributed by atoms with van der Waals surface area (Å²) in [6.07, 6.45) is 0. The summed E-state index contributed by atoms with van der Waals surface area (Å²) in [5, 5.41) is 5.73. The molecule has 0 unspecified atom stereocenters. The summed E-state index contributed by atoms with van der Waals surface area (Å²) in [6.45, 7) is 6.78. The lowest BCUT2D eigenvalue weighted by Crippen LogP contribution is -2.34. The summed E-state index contributed by atoms with van der Waals surface area (Å²) in [4.78, 5) is 28.6. The highest BCUT2D eigenvalue weighted by Crippen LogP contribution is 2.33. The van der Waals surface area contributed by atoms with Gasteiger partial charge in [-0.2, -0.15) is 9.78 Å². The van der Waals surface area contributed by atoms with E-state index in [1.807, 2.05) is 20.8 Å².